The van der Waals surface area contributed by atoms with Gasteiger partial charge in [-0.1, -0.05) is 147 Å². The van der Waals surface area contributed by atoms with E-state index >= 15 is 9.59 Å². The maximum atomic E-state index is 15.7. The van der Waals surface area contributed by atoms with Gasteiger partial charge in [0, 0.05) is 5.92 Å². The summed E-state index contributed by atoms with van der Waals surface area (Å²) in [5.74, 6) is 8.18. The van der Waals surface area contributed by atoms with Crippen LogP contribution in [0.2, 0.25) is 0 Å². The molecule has 0 N–H and O–H groups in total. The normalized spacial score (nSPS) is 48.5. The van der Waals surface area contributed by atoms with Crippen molar-refractivity contribution in [2.24, 2.45) is 156 Å². The first-order valence-corrected chi connectivity index (χ1v) is 38.6. The average molecular weight is 1250 g/mol. The van der Waals surface area contributed by atoms with Crippen molar-refractivity contribution in [3.63, 3.8) is 0 Å². The number of esters is 3. The van der Waals surface area contributed by atoms with Crippen LogP contribution in [0.15, 0.2) is 44.6 Å². The van der Waals surface area contributed by atoms with Crippen molar-refractivity contribution in [2.75, 3.05) is 13.4 Å². The van der Waals surface area contributed by atoms with Gasteiger partial charge in [-0.25, -0.2) is 0 Å². The van der Waals surface area contributed by atoms with Gasteiger partial charge in [0.15, 0.2) is 0 Å². The highest BCUT2D eigenvalue weighted by molar-refractivity contribution is 5.79. The van der Waals surface area contributed by atoms with Crippen molar-refractivity contribution in [1.29, 1.82) is 0 Å². The van der Waals surface area contributed by atoms with Gasteiger partial charge < -0.3 is 18.9 Å². The highest BCUT2D eigenvalue weighted by Crippen LogP contribution is 2.79. The molecule has 504 valence electrons. The van der Waals surface area contributed by atoms with E-state index in [0.717, 1.165) is 122 Å². The number of hydrogen-bond acceptors (Lipinski definition) is 8. The third-order valence-electron chi connectivity index (χ3n) is 33.2. The third-order valence-corrected chi connectivity index (χ3v) is 33.2. The molecule has 14 aliphatic carbocycles. The summed E-state index contributed by atoms with van der Waals surface area (Å²) in [6, 6.07) is 0. The topological polar surface area (TPSA) is 105 Å². The van der Waals surface area contributed by atoms with E-state index in [-0.39, 0.29) is 58.2 Å². The molecule has 91 heavy (non-hydrogen) atoms. The zero-order valence-electron chi connectivity index (χ0n) is 60.3. The summed E-state index contributed by atoms with van der Waals surface area (Å²) in [7, 11) is 0. The van der Waals surface area contributed by atoms with Crippen molar-refractivity contribution in [1.82, 2.24) is 0 Å². The van der Waals surface area contributed by atoms with Crippen molar-refractivity contribution in [3.8, 4) is 0 Å². The SMILES string of the molecule is CCOC(=O)C1(C)CCCC2(C)C3CCC(C(C)C)=C4C5CC6C(C)(C(=O)OCOC(=O)C7(C)CCCC8(C)C9CCC(C(C)C)=C%10C%11CC%12C(C)(OC=O)CCCC%12(C)C%12CCC(C(C)C)=C(C(CC78)C%109)C%11%12)CCCC6(C)C6CCC(C(C)C)=C(C(CC12)C43)C56. The molecular weight excluding hydrogens is 1120 g/mol. The second-order valence-electron chi connectivity index (χ2n) is 37.7. The Morgan fingerprint density at radius 3 is 0.967 bits per heavy atom. The summed E-state index contributed by atoms with van der Waals surface area (Å²) in [5.41, 5.74) is 11.9. The molecule has 0 aromatic heterocycles. The van der Waals surface area contributed by atoms with Crippen LogP contribution in [0.4, 0.5) is 0 Å². The Bertz CT molecular complexity index is 3100. The molecule has 0 heterocycles. The minimum atomic E-state index is -0.705. The maximum Gasteiger partial charge on any atom is 0.314 e. The summed E-state index contributed by atoms with van der Waals surface area (Å²) in [6.07, 6.45) is 25.9. The van der Waals surface area contributed by atoms with Crippen LogP contribution in [0, 0.1) is 156 Å². The number of carbonyl (C=O) groups is 4. The minimum Gasteiger partial charge on any atom is -0.466 e. The summed E-state index contributed by atoms with van der Waals surface area (Å²) in [5, 5.41) is 0. The smallest absolute Gasteiger partial charge is 0.314 e. The standard InChI is InChI=1S/C83H124O8/c1-18-88-73(85)80(14)35-19-31-76(10)57-27-23-50(46(4)5)66-54-40-62-77(11,58-28-24-49(45(2)3)65(70(54)58)53(69(57)66)39-61(76)80)32-20-36-81(62,15)74(86)89-44-90-75(87)82(16)37-21-33-78(12)59-29-25-52(48(8)9)68-56-42-64-79(13,34-22-38-83(64,17)91-43-84)60-30-26-51(47(6)7)67(72(56)60)55(71(59)68)41-63(78)82/h43,45-48,53-64,69-72H,18-42,44H2,1-17H3. The molecule has 24 atom stereocenters. The molecule has 0 aromatic carbocycles. The van der Waals surface area contributed by atoms with Crippen LogP contribution in [-0.2, 0) is 38.1 Å². The Morgan fingerprint density at radius 2 is 0.681 bits per heavy atom. The molecule has 0 radical (unpaired) electrons. The molecule has 0 spiro atoms. The number of hydrogen-bond donors (Lipinski definition) is 0. The van der Waals surface area contributed by atoms with E-state index in [1.54, 1.807) is 33.4 Å². The Kier molecular flexibility index (Phi) is 16.1. The monoisotopic (exact) mass is 1250 g/mol. The van der Waals surface area contributed by atoms with E-state index in [0.29, 0.717) is 113 Å². The van der Waals surface area contributed by atoms with Gasteiger partial charge in [0.05, 0.1) is 22.9 Å². The second kappa shape index (κ2) is 22.4. The molecule has 14 aliphatic rings. The first kappa shape index (κ1) is 65.1. The van der Waals surface area contributed by atoms with Gasteiger partial charge >= 0.3 is 17.9 Å². The van der Waals surface area contributed by atoms with Gasteiger partial charge in [-0.15, -0.1) is 0 Å². The van der Waals surface area contributed by atoms with Crippen LogP contribution < -0.4 is 0 Å². The second-order valence-corrected chi connectivity index (χ2v) is 37.7. The molecule has 0 aliphatic heterocycles. The zero-order chi connectivity index (χ0) is 64.8. The van der Waals surface area contributed by atoms with Crippen LogP contribution in [0.3, 0.4) is 0 Å². The molecule has 10 fully saturated rings. The van der Waals surface area contributed by atoms with Crippen molar-refractivity contribution >= 4 is 24.4 Å². The minimum absolute atomic E-state index is 0.0394. The molecule has 8 heteroatoms. The molecule has 10 saturated carbocycles. The van der Waals surface area contributed by atoms with E-state index < -0.39 is 21.8 Å². The largest absolute Gasteiger partial charge is 0.466 e. The molecule has 0 saturated heterocycles. The fourth-order valence-electron chi connectivity index (χ4n) is 29.8. The highest BCUT2D eigenvalue weighted by Gasteiger charge is 2.73. The lowest BCUT2D eigenvalue weighted by Gasteiger charge is -2.70. The van der Waals surface area contributed by atoms with Crippen molar-refractivity contribution in [3.05, 3.63) is 44.6 Å². The van der Waals surface area contributed by atoms with Gasteiger partial charge in [-0.3, -0.25) is 19.2 Å². The maximum absolute atomic E-state index is 15.7. The Labute approximate surface area is 551 Å². The number of rotatable bonds is 12. The van der Waals surface area contributed by atoms with Gasteiger partial charge in [0.25, 0.3) is 6.47 Å². The molecule has 0 aromatic rings. The van der Waals surface area contributed by atoms with Gasteiger partial charge in [-0.2, -0.15) is 0 Å². The van der Waals surface area contributed by atoms with Gasteiger partial charge in [0.1, 0.15) is 5.60 Å². The number of carbonyl (C=O) groups excluding carboxylic acids is 4. The zero-order valence-corrected chi connectivity index (χ0v) is 60.3. The van der Waals surface area contributed by atoms with Crippen LogP contribution in [0.5, 0.6) is 0 Å². The molecule has 14 rings (SSSR count). The van der Waals surface area contributed by atoms with Crippen molar-refractivity contribution in [2.45, 2.75) is 277 Å². The quantitative estimate of drug-likeness (QED) is 0.0626. The Balaban J connectivity index is 0.761. The highest BCUT2D eigenvalue weighted by atomic mass is 16.7. The predicted octanol–water partition coefficient (Wildman–Crippen LogP) is 19.8. The lowest BCUT2D eigenvalue weighted by Crippen LogP contribution is -2.65. The average Bonchev–Trinajstić information content (AvgIpc) is 0.681. The number of fused-ring (bicyclic) bond motifs is 12. The third kappa shape index (κ3) is 8.98. The van der Waals surface area contributed by atoms with E-state index in [1.165, 1.54) is 38.5 Å². The Hall–Kier alpha value is -3.16. The van der Waals surface area contributed by atoms with Crippen LogP contribution in [0.25, 0.3) is 0 Å². The van der Waals surface area contributed by atoms with Gasteiger partial charge in [0.2, 0.25) is 6.79 Å². The van der Waals surface area contributed by atoms with Crippen LogP contribution >= 0.6 is 0 Å². The van der Waals surface area contributed by atoms with Gasteiger partial charge in [-0.05, 0) is 304 Å². The molecular formula is C83H124O8. The summed E-state index contributed by atoms with van der Waals surface area (Å²) in [6.45, 7) is 42.2. The predicted molar refractivity (Wildman–Crippen MR) is 360 cm³/mol. The molecule has 0 amide bonds. The first-order valence-electron chi connectivity index (χ1n) is 38.6. The lowest BCUT2D eigenvalue weighted by atomic mass is 9.34. The molecule has 8 nitrogen and oxygen atoms in total. The summed E-state index contributed by atoms with van der Waals surface area (Å²) >= 11 is 0. The van der Waals surface area contributed by atoms with Crippen LogP contribution in [-0.4, -0.2) is 43.4 Å². The summed E-state index contributed by atoms with van der Waals surface area (Å²) < 4.78 is 25.6. The first-order chi connectivity index (χ1) is 43.0. The lowest BCUT2D eigenvalue weighted by molar-refractivity contribution is -0.205. The van der Waals surface area contributed by atoms with Crippen LogP contribution in [0.1, 0.15) is 272 Å². The molecule has 24 unspecified atom stereocenters. The number of ether oxygens (including phenoxy) is 4. The number of allylic oxidation sites excluding steroid dienone is 8. The van der Waals surface area contributed by atoms with E-state index in [4.69, 9.17) is 18.9 Å². The fourth-order valence-corrected chi connectivity index (χ4v) is 29.8. The molecule has 0 bridgehead atoms. The van der Waals surface area contributed by atoms with E-state index in [1.807, 2.05) is 18.1 Å². The summed E-state index contributed by atoms with van der Waals surface area (Å²) in [4.78, 5) is 58.2. The Morgan fingerprint density at radius 1 is 0.407 bits per heavy atom. The van der Waals surface area contributed by atoms with E-state index in [2.05, 4.69) is 111 Å². The van der Waals surface area contributed by atoms with Crippen molar-refractivity contribution < 1.29 is 38.1 Å². The fraction of sp³-hybridized carbons (Fsp3) is 0.855. The van der Waals surface area contributed by atoms with E-state index in [9.17, 15) is 9.59 Å².